The molecule has 2 heterocycles. The number of anilines is 1. The van der Waals surface area contributed by atoms with E-state index in [0.29, 0.717) is 28.9 Å². The first-order valence-electron chi connectivity index (χ1n) is 12.9. The van der Waals surface area contributed by atoms with Gasteiger partial charge >= 0.3 is 5.97 Å². The highest BCUT2D eigenvalue weighted by molar-refractivity contribution is 6.02. The van der Waals surface area contributed by atoms with Crippen LogP contribution in [0.5, 0.6) is 0 Å². The highest BCUT2D eigenvalue weighted by atomic mass is 19.1. The summed E-state index contributed by atoms with van der Waals surface area (Å²) in [5.74, 6) is -1.95. The molecule has 4 aromatic rings. The molecule has 5 rings (SSSR count). The molecule has 1 aromatic heterocycles. The molecule has 206 valence electrons. The molecule has 0 bridgehead atoms. The van der Waals surface area contributed by atoms with Crippen molar-refractivity contribution in [2.75, 3.05) is 25.2 Å². The molecular formula is C29H28FN5O5. The molecule has 1 saturated heterocycles. The van der Waals surface area contributed by atoms with Gasteiger partial charge in [0.25, 0.3) is 0 Å². The van der Waals surface area contributed by atoms with Gasteiger partial charge < -0.3 is 14.8 Å². The van der Waals surface area contributed by atoms with E-state index in [2.05, 4.69) is 15.6 Å². The van der Waals surface area contributed by atoms with Crippen LogP contribution in [-0.4, -0.2) is 59.1 Å². The van der Waals surface area contributed by atoms with Crippen LogP contribution in [0.25, 0.3) is 11.0 Å². The fourth-order valence-electron chi connectivity index (χ4n) is 4.73. The number of halogens is 1. The summed E-state index contributed by atoms with van der Waals surface area (Å²) < 4.78 is 25.8. The molecule has 2 amide bonds. The van der Waals surface area contributed by atoms with Crippen molar-refractivity contribution < 1.29 is 28.2 Å². The van der Waals surface area contributed by atoms with E-state index < -0.39 is 29.6 Å². The number of rotatable bonds is 9. The molecule has 0 radical (unpaired) electrons. The molecule has 0 spiro atoms. The second kappa shape index (κ2) is 12.0. The molecule has 1 aliphatic rings. The van der Waals surface area contributed by atoms with Crippen molar-refractivity contribution in [3.8, 4) is 0 Å². The molecule has 0 unspecified atom stereocenters. The van der Waals surface area contributed by atoms with Gasteiger partial charge in [0, 0.05) is 18.8 Å². The first-order chi connectivity index (χ1) is 19.4. The summed E-state index contributed by atoms with van der Waals surface area (Å²) in [5.41, 5.74) is 2.30. The zero-order valence-corrected chi connectivity index (χ0v) is 21.8. The van der Waals surface area contributed by atoms with E-state index in [0.717, 1.165) is 12.8 Å². The van der Waals surface area contributed by atoms with E-state index in [4.69, 9.17) is 9.47 Å². The van der Waals surface area contributed by atoms with Crippen molar-refractivity contribution in [3.05, 3.63) is 89.7 Å². The van der Waals surface area contributed by atoms with E-state index in [-0.39, 0.29) is 24.8 Å². The van der Waals surface area contributed by atoms with E-state index in [1.165, 1.54) is 53.1 Å². The number of esters is 1. The third-order valence-corrected chi connectivity index (χ3v) is 6.76. The van der Waals surface area contributed by atoms with Gasteiger partial charge in [-0.1, -0.05) is 29.5 Å². The Morgan fingerprint density at radius 3 is 2.55 bits per heavy atom. The molecule has 1 fully saturated rings. The number of aromatic nitrogens is 3. The van der Waals surface area contributed by atoms with Crippen LogP contribution in [0.3, 0.4) is 0 Å². The Hall–Kier alpha value is -4.64. The summed E-state index contributed by atoms with van der Waals surface area (Å²) in [6.07, 6.45) is 1.60. The Bertz CT molecular complexity index is 1500. The van der Waals surface area contributed by atoms with Gasteiger partial charge in [-0.15, -0.1) is 5.10 Å². The average Bonchev–Trinajstić information content (AvgIpc) is 3.65. The third kappa shape index (κ3) is 5.84. The molecule has 3 aromatic carbocycles. The lowest BCUT2D eigenvalue weighted by molar-refractivity contribution is -0.127. The van der Waals surface area contributed by atoms with Crippen molar-refractivity contribution in [1.29, 1.82) is 0 Å². The minimum Gasteiger partial charge on any atom is -0.465 e. The molecule has 0 saturated carbocycles. The minimum absolute atomic E-state index is 0.122. The van der Waals surface area contributed by atoms with Crippen LogP contribution in [0, 0.1) is 5.82 Å². The van der Waals surface area contributed by atoms with Crippen molar-refractivity contribution in [2.45, 2.75) is 31.5 Å². The van der Waals surface area contributed by atoms with Gasteiger partial charge in [0.1, 0.15) is 23.9 Å². The lowest BCUT2D eigenvalue weighted by Gasteiger charge is -2.32. The van der Waals surface area contributed by atoms with Crippen molar-refractivity contribution >= 4 is 34.5 Å². The number of ether oxygens (including phenoxy) is 2. The fraction of sp³-hybridized carbons (Fsp3) is 0.276. The van der Waals surface area contributed by atoms with E-state index in [1.54, 1.807) is 24.3 Å². The summed E-state index contributed by atoms with van der Waals surface area (Å²) in [6.45, 7) is 0.675. The van der Waals surface area contributed by atoms with Gasteiger partial charge in [-0.25, -0.2) is 13.9 Å². The molecule has 11 heteroatoms. The normalized spacial score (nSPS) is 15.5. The van der Waals surface area contributed by atoms with Gasteiger partial charge in [-0.2, -0.15) is 0 Å². The number of para-hydroxylation sites is 1. The summed E-state index contributed by atoms with van der Waals surface area (Å²) >= 11 is 0. The lowest BCUT2D eigenvalue weighted by atomic mass is 10.0. The van der Waals surface area contributed by atoms with Gasteiger partial charge in [-0.05, 0) is 66.9 Å². The predicted molar refractivity (Wildman–Crippen MR) is 144 cm³/mol. The van der Waals surface area contributed by atoms with Crippen molar-refractivity contribution in [2.24, 2.45) is 0 Å². The summed E-state index contributed by atoms with van der Waals surface area (Å²) in [7, 11) is 1.28. The largest absolute Gasteiger partial charge is 0.465 e. The van der Waals surface area contributed by atoms with E-state index in [1.807, 2.05) is 12.1 Å². The van der Waals surface area contributed by atoms with Crippen LogP contribution >= 0.6 is 0 Å². The number of nitrogens with one attached hydrogen (secondary N) is 1. The van der Waals surface area contributed by atoms with Gasteiger partial charge in [0.05, 0.1) is 24.3 Å². The highest BCUT2D eigenvalue weighted by Crippen LogP contribution is 2.30. The maximum absolute atomic E-state index is 14.0. The van der Waals surface area contributed by atoms with Gasteiger partial charge in [-0.3, -0.25) is 14.5 Å². The second-order valence-corrected chi connectivity index (χ2v) is 9.37. The van der Waals surface area contributed by atoms with Crippen molar-refractivity contribution in [1.82, 2.24) is 20.3 Å². The molecule has 1 N–H and O–H groups in total. The molecule has 10 nitrogen and oxygen atoms in total. The number of hydrogen-bond donors (Lipinski definition) is 1. The maximum Gasteiger partial charge on any atom is 0.337 e. The molecule has 1 aliphatic heterocycles. The average molecular weight is 546 g/mol. The van der Waals surface area contributed by atoms with Crippen LogP contribution in [0.4, 0.5) is 10.1 Å². The SMILES string of the molecule is COC(=O)c1ccc(N(C(=O)Cn2nnc3ccccc32)[C@@H](C(=O)NC[C@H]2CCCO2)c2ccc(F)cc2)cc1. The smallest absolute Gasteiger partial charge is 0.337 e. The third-order valence-electron chi connectivity index (χ3n) is 6.76. The first-order valence-corrected chi connectivity index (χ1v) is 12.9. The molecule has 2 atom stereocenters. The monoisotopic (exact) mass is 545 g/mol. The van der Waals surface area contributed by atoms with Gasteiger partial charge in [0.2, 0.25) is 11.8 Å². The standard InChI is InChI=1S/C29H28FN5O5/c1-39-29(38)20-10-14-22(15-11-20)35(26(36)18-34-25-7-3-2-6-24(25)32-33-34)27(19-8-12-21(30)13-9-19)28(37)31-17-23-5-4-16-40-23/h2-3,6-15,23,27H,4-5,16-18H2,1H3,(H,31,37)/t23-,27-/m1/s1. The Morgan fingerprint density at radius 1 is 1.10 bits per heavy atom. The maximum atomic E-state index is 14.0. The van der Waals surface area contributed by atoms with Gasteiger partial charge in [0.15, 0.2) is 0 Å². The number of hydrogen-bond acceptors (Lipinski definition) is 7. The number of methoxy groups -OCH3 is 1. The second-order valence-electron chi connectivity index (χ2n) is 9.37. The lowest BCUT2D eigenvalue weighted by Crippen LogP contribution is -2.46. The minimum atomic E-state index is -1.16. The predicted octanol–water partition coefficient (Wildman–Crippen LogP) is 3.43. The number of fused-ring (bicyclic) bond motifs is 1. The Kier molecular flexibility index (Phi) is 8.11. The van der Waals surface area contributed by atoms with Crippen LogP contribution in [0.15, 0.2) is 72.8 Å². The van der Waals surface area contributed by atoms with E-state index in [9.17, 15) is 18.8 Å². The zero-order valence-electron chi connectivity index (χ0n) is 21.8. The summed E-state index contributed by atoms with van der Waals surface area (Å²) in [6, 6.07) is 17.6. The van der Waals surface area contributed by atoms with Crippen LogP contribution in [-0.2, 0) is 25.6 Å². The number of carbonyl (C=O) groups is 3. The Labute approximate surface area is 229 Å². The topological polar surface area (TPSA) is 116 Å². The highest BCUT2D eigenvalue weighted by Gasteiger charge is 2.34. The summed E-state index contributed by atoms with van der Waals surface area (Å²) in [4.78, 5) is 41.2. The van der Waals surface area contributed by atoms with Crippen LogP contribution < -0.4 is 10.2 Å². The van der Waals surface area contributed by atoms with Crippen LogP contribution in [0.1, 0.15) is 34.8 Å². The summed E-state index contributed by atoms with van der Waals surface area (Å²) in [5, 5.41) is 11.2. The Morgan fingerprint density at radius 2 is 1.85 bits per heavy atom. The number of carbonyl (C=O) groups excluding carboxylic acids is 3. The number of benzene rings is 3. The zero-order chi connectivity index (χ0) is 28.1. The molecular weight excluding hydrogens is 517 g/mol. The number of nitrogens with zero attached hydrogens (tertiary/aromatic N) is 4. The molecule has 40 heavy (non-hydrogen) atoms. The fourth-order valence-corrected chi connectivity index (χ4v) is 4.73. The first kappa shape index (κ1) is 26.9. The molecule has 0 aliphatic carbocycles. The number of amides is 2. The quantitative estimate of drug-likeness (QED) is 0.321. The van der Waals surface area contributed by atoms with Crippen molar-refractivity contribution in [3.63, 3.8) is 0 Å². The Balaban J connectivity index is 1.54. The van der Waals surface area contributed by atoms with Crippen LogP contribution in [0.2, 0.25) is 0 Å². The van der Waals surface area contributed by atoms with E-state index >= 15 is 0 Å².